The first-order valence-corrected chi connectivity index (χ1v) is 11.1. The lowest BCUT2D eigenvalue weighted by Crippen LogP contribution is -2.54. The van der Waals surface area contributed by atoms with Gasteiger partial charge in [0.05, 0.1) is 27.9 Å². The predicted molar refractivity (Wildman–Crippen MR) is 117 cm³/mol. The van der Waals surface area contributed by atoms with Crippen molar-refractivity contribution in [2.45, 2.75) is 17.7 Å². The maximum Gasteiger partial charge on any atom is 0.275 e. The smallest absolute Gasteiger partial charge is 0.275 e. The minimum absolute atomic E-state index is 0.0597. The minimum Gasteiger partial charge on any atom is -0.493 e. The van der Waals surface area contributed by atoms with E-state index in [1.165, 1.54) is 16.6 Å². The van der Waals surface area contributed by atoms with E-state index >= 15 is 0 Å². The number of carbonyl (C=O) groups excluding carboxylic acids is 1. The second kappa shape index (κ2) is 8.05. The van der Waals surface area contributed by atoms with E-state index in [1.54, 1.807) is 37.2 Å². The molecule has 0 bridgehead atoms. The van der Waals surface area contributed by atoms with Crippen molar-refractivity contribution in [1.82, 2.24) is 14.2 Å². The monoisotopic (exact) mass is 467 g/mol. The Morgan fingerprint density at radius 3 is 2.83 bits per heavy atom. The largest absolute Gasteiger partial charge is 0.493 e. The van der Waals surface area contributed by atoms with Crippen LogP contribution in [0.15, 0.2) is 30.5 Å². The fourth-order valence-electron chi connectivity index (χ4n) is 3.72. The zero-order chi connectivity index (χ0) is 21.6. The summed E-state index contributed by atoms with van der Waals surface area (Å²) in [4.78, 5) is 18.4. The SMILES string of the molecule is CN1C(=N)N(C)S(=O)[C@H]2CCOc3ccc(NC(=O)c4ncc(Cl)cc4Cl)cc3C21. The molecule has 2 aliphatic heterocycles. The molecule has 1 saturated heterocycles. The van der Waals surface area contributed by atoms with Crippen LogP contribution in [-0.4, -0.2) is 56.2 Å². The van der Waals surface area contributed by atoms with E-state index in [2.05, 4.69) is 10.3 Å². The molecule has 11 heteroatoms. The first-order chi connectivity index (χ1) is 14.3. The van der Waals surface area contributed by atoms with Gasteiger partial charge in [0.15, 0.2) is 0 Å². The van der Waals surface area contributed by atoms with E-state index in [9.17, 15) is 9.00 Å². The molecule has 2 aromatic rings. The summed E-state index contributed by atoms with van der Waals surface area (Å²) in [5.74, 6) is 0.328. The van der Waals surface area contributed by atoms with Crippen LogP contribution in [0.1, 0.15) is 28.5 Å². The third-order valence-electron chi connectivity index (χ3n) is 5.20. The average molecular weight is 468 g/mol. The molecular weight excluding hydrogens is 449 g/mol. The van der Waals surface area contributed by atoms with Crippen LogP contribution in [-0.2, 0) is 11.0 Å². The van der Waals surface area contributed by atoms with Gasteiger partial charge in [0.25, 0.3) is 5.91 Å². The molecule has 8 nitrogen and oxygen atoms in total. The topological polar surface area (TPSA) is 98.6 Å². The summed E-state index contributed by atoms with van der Waals surface area (Å²) < 4.78 is 20.2. The Morgan fingerprint density at radius 2 is 2.10 bits per heavy atom. The number of amides is 1. The number of pyridine rings is 1. The van der Waals surface area contributed by atoms with Crippen LogP contribution < -0.4 is 10.1 Å². The Balaban J connectivity index is 1.68. The molecule has 0 aliphatic carbocycles. The lowest BCUT2D eigenvalue weighted by atomic mass is 9.99. The summed E-state index contributed by atoms with van der Waals surface area (Å²) in [6.45, 7) is 0.422. The van der Waals surface area contributed by atoms with E-state index in [0.29, 0.717) is 29.5 Å². The van der Waals surface area contributed by atoms with Gasteiger partial charge < -0.3 is 15.0 Å². The van der Waals surface area contributed by atoms with Crippen molar-refractivity contribution in [1.29, 1.82) is 5.41 Å². The van der Waals surface area contributed by atoms with E-state index in [1.807, 2.05) is 0 Å². The number of aromatic nitrogens is 1. The molecule has 2 aliphatic rings. The fourth-order valence-corrected chi connectivity index (χ4v) is 5.73. The van der Waals surface area contributed by atoms with E-state index in [4.69, 9.17) is 33.3 Å². The van der Waals surface area contributed by atoms with Crippen molar-refractivity contribution in [3.05, 3.63) is 51.8 Å². The normalized spacial score (nSPS) is 23.2. The Labute approximate surface area is 186 Å². The van der Waals surface area contributed by atoms with E-state index < -0.39 is 16.9 Å². The van der Waals surface area contributed by atoms with Crippen LogP contribution in [0.5, 0.6) is 5.75 Å². The second-order valence-corrected chi connectivity index (χ2v) is 9.57. The van der Waals surface area contributed by atoms with Gasteiger partial charge in [-0.15, -0.1) is 0 Å². The number of anilines is 1. The molecule has 0 spiro atoms. The Bertz CT molecular complexity index is 1070. The molecule has 0 saturated carbocycles. The Kier molecular flexibility index (Phi) is 5.61. The van der Waals surface area contributed by atoms with Crippen LogP contribution in [0, 0.1) is 5.41 Å². The quantitative estimate of drug-likeness (QED) is 0.705. The van der Waals surface area contributed by atoms with Crippen molar-refractivity contribution in [3.63, 3.8) is 0 Å². The first kappa shape index (κ1) is 20.9. The van der Waals surface area contributed by atoms with Gasteiger partial charge in [-0.2, -0.15) is 0 Å². The fraction of sp³-hybridized carbons (Fsp3) is 0.316. The van der Waals surface area contributed by atoms with Gasteiger partial charge in [-0.05, 0) is 30.7 Å². The van der Waals surface area contributed by atoms with Crippen LogP contribution in [0.4, 0.5) is 5.69 Å². The number of hydrogen-bond donors (Lipinski definition) is 2. The van der Waals surface area contributed by atoms with Gasteiger partial charge in [-0.3, -0.25) is 14.5 Å². The molecule has 1 amide bonds. The van der Waals surface area contributed by atoms with Gasteiger partial charge in [-0.1, -0.05) is 23.2 Å². The number of carbonyl (C=O) groups is 1. The van der Waals surface area contributed by atoms with Crippen molar-refractivity contribution in [2.24, 2.45) is 0 Å². The summed E-state index contributed by atoms with van der Waals surface area (Å²) in [6, 6.07) is 6.41. The average Bonchev–Trinajstić information content (AvgIpc) is 2.90. The number of benzene rings is 1. The van der Waals surface area contributed by atoms with Crippen molar-refractivity contribution >= 4 is 51.7 Å². The van der Waals surface area contributed by atoms with Gasteiger partial charge in [0.2, 0.25) is 5.96 Å². The Hall–Kier alpha value is -2.36. The summed E-state index contributed by atoms with van der Waals surface area (Å²) in [5.41, 5.74) is 1.34. The Morgan fingerprint density at radius 1 is 1.33 bits per heavy atom. The molecule has 4 rings (SSSR count). The maximum absolute atomic E-state index is 12.9. The van der Waals surface area contributed by atoms with Crippen molar-refractivity contribution in [3.8, 4) is 5.75 Å². The third kappa shape index (κ3) is 3.61. The lowest BCUT2D eigenvalue weighted by molar-refractivity contribution is 0.102. The zero-order valence-corrected chi connectivity index (χ0v) is 18.5. The highest BCUT2D eigenvalue weighted by Crippen LogP contribution is 2.41. The van der Waals surface area contributed by atoms with Crippen LogP contribution in [0.3, 0.4) is 0 Å². The van der Waals surface area contributed by atoms with Crippen molar-refractivity contribution < 1.29 is 13.7 Å². The van der Waals surface area contributed by atoms with Crippen molar-refractivity contribution in [2.75, 3.05) is 26.0 Å². The molecule has 1 fully saturated rings. The second-order valence-electron chi connectivity index (χ2n) is 7.02. The van der Waals surface area contributed by atoms with Gasteiger partial charge in [-0.25, -0.2) is 9.19 Å². The molecular formula is C19H19Cl2N5O3S. The number of guanidine groups is 1. The summed E-state index contributed by atoms with van der Waals surface area (Å²) in [6.07, 6.45) is 1.94. The minimum atomic E-state index is -1.36. The third-order valence-corrected chi connectivity index (χ3v) is 7.42. The number of rotatable bonds is 2. The van der Waals surface area contributed by atoms with Gasteiger partial charge in [0, 0.05) is 31.5 Å². The first-order valence-electron chi connectivity index (χ1n) is 9.13. The molecule has 158 valence electrons. The van der Waals surface area contributed by atoms with Crippen LogP contribution >= 0.6 is 23.2 Å². The number of nitrogens with zero attached hydrogens (tertiary/aromatic N) is 3. The number of fused-ring (bicyclic) bond motifs is 3. The predicted octanol–water partition coefficient (Wildman–Crippen LogP) is 3.31. The number of hydrogen-bond acceptors (Lipinski definition) is 5. The molecule has 3 heterocycles. The molecule has 2 unspecified atom stereocenters. The highest BCUT2D eigenvalue weighted by atomic mass is 35.5. The summed E-state index contributed by atoms with van der Waals surface area (Å²) in [5, 5.41) is 11.3. The molecule has 2 N–H and O–H groups in total. The van der Waals surface area contributed by atoms with Gasteiger partial charge >= 0.3 is 0 Å². The lowest BCUT2D eigenvalue weighted by Gasteiger charge is -2.43. The molecule has 1 aromatic heterocycles. The van der Waals surface area contributed by atoms with Crippen LogP contribution in [0.25, 0.3) is 0 Å². The number of ether oxygens (including phenoxy) is 1. The number of nitrogens with one attached hydrogen (secondary N) is 2. The summed E-state index contributed by atoms with van der Waals surface area (Å²) >= 11 is 11.9. The number of halogens is 2. The highest BCUT2D eigenvalue weighted by Gasteiger charge is 2.43. The maximum atomic E-state index is 12.9. The summed E-state index contributed by atoms with van der Waals surface area (Å²) in [7, 11) is 2.08. The molecule has 0 radical (unpaired) electrons. The zero-order valence-electron chi connectivity index (χ0n) is 16.2. The van der Waals surface area contributed by atoms with Crippen LogP contribution in [0.2, 0.25) is 10.0 Å². The van der Waals surface area contributed by atoms with Gasteiger partial charge in [0.1, 0.15) is 22.4 Å². The molecule has 1 aromatic carbocycles. The van der Waals surface area contributed by atoms with E-state index in [0.717, 1.165) is 5.56 Å². The van der Waals surface area contributed by atoms with E-state index in [-0.39, 0.29) is 28.0 Å². The molecule has 3 atom stereocenters. The highest BCUT2D eigenvalue weighted by molar-refractivity contribution is 7.84. The standard InChI is InChI=1S/C19H19Cl2N5O3S/c1-25-17-12-8-11(24-18(27)16-13(21)7-10(20)9-23-16)3-4-14(12)29-6-5-15(17)30(28)26(2)19(25)22/h3-4,7-9,15,17,22H,5-6H2,1-2H3,(H,24,27)/t15-,17?,30?/m0/s1. The molecule has 30 heavy (non-hydrogen) atoms.